The second-order valence-electron chi connectivity index (χ2n) is 3.99. The van der Waals surface area contributed by atoms with Crippen LogP contribution in [0.2, 0.25) is 5.02 Å². The first-order chi connectivity index (χ1) is 9.08. The molecule has 0 bridgehead atoms. The molecule has 0 atom stereocenters. The third kappa shape index (κ3) is 3.43. The highest BCUT2D eigenvalue weighted by Gasteiger charge is 2.11. The molecule has 0 aliphatic rings. The number of thiophene rings is 1. The first-order valence-corrected chi connectivity index (χ1v) is 6.90. The molecule has 0 spiro atoms. The molecule has 0 saturated carbocycles. The smallest absolute Gasteiger partial charge is 0.261 e. The number of hydrogen-bond donors (Lipinski definition) is 1. The van der Waals surface area contributed by atoms with Crippen LogP contribution in [0.4, 0.5) is 0 Å². The van der Waals surface area contributed by atoms with Gasteiger partial charge in [-0.1, -0.05) is 29.8 Å². The molecule has 1 N–H and O–H groups in total. The molecular weight excluding hydrogens is 282 g/mol. The van der Waals surface area contributed by atoms with Crippen LogP contribution in [0.3, 0.4) is 0 Å². The van der Waals surface area contributed by atoms with Gasteiger partial charge in [0.25, 0.3) is 5.91 Å². The lowest BCUT2D eigenvalue weighted by molar-refractivity contribution is 0.0954. The van der Waals surface area contributed by atoms with Gasteiger partial charge in [0.05, 0.1) is 9.75 Å². The number of carbonyl (C=O) groups is 2. The van der Waals surface area contributed by atoms with Crippen LogP contribution in [0.1, 0.15) is 31.8 Å². The molecule has 0 fully saturated rings. The van der Waals surface area contributed by atoms with Crippen molar-refractivity contribution < 1.29 is 9.59 Å². The van der Waals surface area contributed by atoms with Crippen molar-refractivity contribution in [1.82, 2.24) is 5.32 Å². The van der Waals surface area contributed by atoms with E-state index in [9.17, 15) is 9.59 Å². The van der Waals surface area contributed by atoms with Crippen molar-refractivity contribution in [3.63, 3.8) is 0 Å². The highest BCUT2D eigenvalue weighted by Crippen LogP contribution is 2.18. The first kappa shape index (κ1) is 13.8. The van der Waals surface area contributed by atoms with Crippen LogP contribution in [0.5, 0.6) is 0 Å². The maximum Gasteiger partial charge on any atom is 0.261 e. The van der Waals surface area contributed by atoms with Gasteiger partial charge >= 0.3 is 0 Å². The number of Topliss-reactive ketones (excluding diaryl/α,β-unsaturated/α-hetero) is 1. The van der Waals surface area contributed by atoms with E-state index < -0.39 is 0 Å². The van der Waals surface area contributed by atoms with E-state index in [2.05, 4.69) is 5.32 Å². The van der Waals surface area contributed by atoms with Gasteiger partial charge in [0.1, 0.15) is 0 Å². The minimum absolute atomic E-state index is 0.0323. The zero-order valence-corrected chi connectivity index (χ0v) is 11.8. The van der Waals surface area contributed by atoms with Crippen LogP contribution in [-0.2, 0) is 6.54 Å². The number of carbonyl (C=O) groups excluding carboxylic acids is 2. The molecule has 3 nitrogen and oxygen atoms in total. The Morgan fingerprint density at radius 1 is 1.16 bits per heavy atom. The topological polar surface area (TPSA) is 46.2 Å². The zero-order chi connectivity index (χ0) is 13.8. The van der Waals surface area contributed by atoms with E-state index in [0.717, 1.165) is 5.56 Å². The minimum atomic E-state index is -0.197. The fraction of sp³-hybridized carbons (Fsp3) is 0.143. The van der Waals surface area contributed by atoms with Crippen LogP contribution >= 0.6 is 22.9 Å². The Balaban J connectivity index is 2.01. The van der Waals surface area contributed by atoms with Gasteiger partial charge in [0, 0.05) is 11.6 Å². The third-order valence-corrected chi connectivity index (χ3v) is 4.13. The molecule has 5 heteroatoms. The van der Waals surface area contributed by atoms with Crippen LogP contribution in [0.15, 0.2) is 36.4 Å². The number of ketones is 1. The Hall–Kier alpha value is -1.65. The number of halogens is 1. The summed E-state index contributed by atoms with van der Waals surface area (Å²) in [6.45, 7) is 1.85. The SMILES string of the molecule is CC(=O)c1ccc(C(=O)NCc2ccccc2Cl)s1. The predicted molar refractivity (Wildman–Crippen MR) is 76.9 cm³/mol. The van der Waals surface area contributed by atoms with Gasteiger partial charge in [-0.25, -0.2) is 0 Å². The largest absolute Gasteiger partial charge is 0.347 e. The summed E-state index contributed by atoms with van der Waals surface area (Å²) in [5.74, 6) is -0.229. The molecule has 1 heterocycles. The average molecular weight is 294 g/mol. The van der Waals surface area contributed by atoms with Crippen molar-refractivity contribution in [3.05, 3.63) is 56.7 Å². The van der Waals surface area contributed by atoms with E-state index in [1.165, 1.54) is 18.3 Å². The molecule has 0 aliphatic heterocycles. The summed E-state index contributed by atoms with van der Waals surface area (Å²) in [5.41, 5.74) is 0.862. The van der Waals surface area contributed by atoms with Crippen LogP contribution < -0.4 is 5.32 Å². The molecule has 0 radical (unpaired) electrons. The normalized spacial score (nSPS) is 10.2. The van der Waals surface area contributed by atoms with Gasteiger partial charge in [0.15, 0.2) is 5.78 Å². The molecule has 1 amide bonds. The summed E-state index contributed by atoms with van der Waals surface area (Å²) in [5, 5.41) is 3.41. The van der Waals surface area contributed by atoms with Crippen molar-refractivity contribution in [2.45, 2.75) is 13.5 Å². The van der Waals surface area contributed by atoms with Crippen molar-refractivity contribution in [3.8, 4) is 0 Å². The highest BCUT2D eigenvalue weighted by atomic mass is 35.5. The van der Waals surface area contributed by atoms with Gasteiger partial charge in [-0.2, -0.15) is 0 Å². The van der Waals surface area contributed by atoms with E-state index >= 15 is 0 Å². The second kappa shape index (κ2) is 5.99. The van der Waals surface area contributed by atoms with Gasteiger partial charge in [0.2, 0.25) is 0 Å². The minimum Gasteiger partial charge on any atom is -0.347 e. The van der Waals surface area contributed by atoms with E-state index in [0.29, 0.717) is 21.3 Å². The molecule has 0 unspecified atom stereocenters. The molecule has 2 aromatic rings. The quantitative estimate of drug-likeness (QED) is 0.877. The van der Waals surface area contributed by atoms with Crippen molar-refractivity contribution in [2.75, 3.05) is 0 Å². The molecule has 1 aromatic carbocycles. The number of hydrogen-bond acceptors (Lipinski definition) is 3. The van der Waals surface area contributed by atoms with Gasteiger partial charge < -0.3 is 5.32 Å². The Labute approximate surface area is 120 Å². The van der Waals surface area contributed by atoms with Crippen molar-refractivity contribution in [1.29, 1.82) is 0 Å². The Kier molecular flexibility index (Phi) is 4.35. The van der Waals surface area contributed by atoms with Gasteiger partial charge in [-0.05, 0) is 30.7 Å². The summed E-state index contributed by atoms with van der Waals surface area (Å²) >= 11 is 7.20. The standard InChI is InChI=1S/C14H12ClNO2S/c1-9(17)12-6-7-13(19-12)14(18)16-8-10-4-2-3-5-11(10)15/h2-7H,8H2,1H3,(H,16,18). The first-order valence-electron chi connectivity index (χ1n) is 5.70. The van der Waals surface area contributed by atoms with Crippen molar-refractivity contribution >= 4 is 34.6 Å². The van der Waals surface area contributed by atoms with Crippen molar-refractivity contribution in [2.24, 2.45) is 0 Å². The molecule has 0 saturated heterocycles. The second-order valence-corrected chi connectivity index (χ2v) is 5.49. The van der Waals surface area contributed by atoms with Gasteiger partial charge in [-0.3, -0.25) is 9.59 Å². The molecule has 2 rings (SSSR count). The van der Waals surface area contributed by atoms with E-state index in [-0.39, 0.29) is 11.7 Å². The predicted octanol–water partition coefficient (Wildman–Crippen LogP) is 3.53. The van der Waals surface area contributed by atoms with Gasteiger partial charge in [-0.15, -0.1) is 11.3 Å². The lowest BCUT2D eigenvalue weighted by Gasteiger charge is -2.05. The average Bonchev–Trinajstić information content (AvgIpc) is 2.87. The summed E-state index contributed by atoms with van der Waals surface area (Å²) in [6, 6.07) is 10.7. The van der Waals surface area contributed by atoms with E-state index in [4.69, 9.17) is 11.6 Å². The number of rotatable bonds is 4. The number of benzene rings is 1. The Morgan fingerprint density at radius 3 is 2.47 bits per heavy atom. The lowest BCUT2D eigenvalue weighted by atomic mass is 10.2. The van der Waals surface area contributed by atoms with Crippen LogP contribution in [0, 0.1) is 0 Å². The molecular formula is C14H12ClNO2S. The zero-order valence-electron chi connectivity index (χ0n) is 10.3. The maximum atomic E-state index is 11.9. The summed E-state index contributed by atoms with van der Waals surface area (Å²) in [7, 11) is 0. The lowest BCUT2D eigenvalue weighted by Crippen LogP contribution is -2.21. The summed E-state index contributed by atoms with van der Waals surface area (Å²) in [4.78, 5) is 24.2. The molecule has 0 aliphatic carbocycles. The fourth-order valence-corrected chi connectivity index (χ4v) is 2.57. The van der Waals surface area contributed by atoms with E-state index in [1.54, 1.807) is 18.2 Å². The Morgan fingerprint density at radius 2 is 1.84 bits per heavy atom. The highest BCUT2D eigenvalue weighted by molar-refractivity contribution is 7.15. The third-order valence-electron chi connectivity index (χ3n) is 2.57. The molecule has 98 valence electrons. The monoisotopic (exact) mass is 293 g/mol. The maximum absolute atomic E-state index is 11.9. The molecule has 19 heavy (non-hydrogen) atoms. The molecule has 1 aromatic heterocycles. The van der Waals surface area contributed by atoms with Crippen LogP contribution in [-0.4, -0.2) is 11.7 Å². The summed E-state index contributed by atoms with van der Waals surface area (Å²) in [6.07, 6.45) is 0. The van der Waals surface area contributed by atoms with Crippen LogP contribution in [0.25, 0.3) is 0 Å². The number of amides is 1. The van der Waals surface area contributed by atoms with E-state index in [1.807, 2.05) is 18.2 Å². The Bertz CT molecular complexity index is 621. The fourth-order valence-electron chi connectivity index (χ4n) is 1.55. The summed E-state index contributed by atoms with van der Waals surface area (Å²) < 4.78 is 0. The number of nitrogens with one attached hydrogen (secondary N) is 1.